The minimum atomic E-state index is -0.181. The van der Waals surface area contributed by atoms with E-state index in [0.717, 1.165) is 33.8 Å². The molecule has 1 aliphatic heterocycles. The van der Waals surface area contributed by atoms with E-state index in [1.807, 2.05) is 72.8 Å². The van der Waals surface area contributed by atoms with Crippen molar-refractivity contribution < 1.29 is 134 Å². The fraction of sp³-hybridized carbons (Fsp3) is 0.0682. The number of alkyl halides is 1. The molecule has 1 heterocycles. The van der Waals surface area contributed by atoms with Crippen LogP contribution in [0.1, 0.15) is 24.3 Å². The summed E-state index contributed by atoms with van der Waals surface area (Å²) in [5.41, 5.74) is 13.9. The van der Waals surface area contributed by atoms with Crippen molar-refractivity contribution in [3.8, 4) is 39.8 Å². The van der Waals surface area contributed by atoms with Gasteiger partial charge in [-0.1, -0.05) is 148 Å². The molecule has 0 saturated carbocycles. The average molecular weight is 935 g/mol. The van der Waals surface area contributed by atoms with Crippen LogP contribution in [0.15, 0.2) is 151 Å². The van der Waals surface area contributed by atoms with Crippen LogP contribution in [0.3, 0.4) is 0 Å². The molecule has 3 N–H and O–H groups in total. The standard InChI is InChI=1S/C20H14ClNO.C14H11BrO.C6H6ClNO.C2H3N.CH2O3.CH3.2K.H/c21-17-10-11-18-20(12-17)23-13-19(22-18)16-8-6-15(7-9-16)14-4-2-1-3-5-14;15-10-14(16)13-8-6-12(7-9-13)11-4-2-1-3-5-11;7-4-1-2-5(8)6(9)3-4;1-2-3;2-1-4-3;;;;/h1-12H,13H2;1-9H,10H2;1-3,9H,8H2;1H3;1,3H;1H3;;;/q;;;;;-1;2*+1;-1/p-1. The van der Waals surface area contributed by atoms with Crippen LogP contribution in [0.2, 0.25) is 10.0 Å². The minimum absolute atomic E-state index is 0. The number of nitriles is 1. The molecule has 0 saturated heterocycles. The van der Waals surface area contributed by atoms with Gasteiger partial charge in [-0.15, -0.1) is 0 Å². The van der Waals surface area contributed by atoms with E-state index < -0.39 is 0 Å². The second-order valence-electron chi connectivity index (χ2n) is 11.0. The Morgan fingerprint density at radius 2 is 1.28 bits per heavy atom. The number of aliphatic imine (C=N–C) groups is 1. The number of carbonyl (C=O) groups excluding carboxylic acids is 2. The largest absolute Gasteiger partial charge is 1.00 e. The van der Waals surface area contributed by atoms with Crippen molar-refractivity contribution in [2.24, 2.45) is 4.99 Å². The summed E-state index contributed by atoms with van der Waals surface area (Å²) in [7, 11) is 0. The molecule has 0 unspecified atom stereocenters. The summed E-state index contributed by atoms with van der Waals surface area (Å²) in [6, 6.07) is 48.4. The van der Waals surface area contributed by atoms with E-state index in [9.17, 15) is 4.79 Å². The third-order valence-corrected chi connectivity index (χ3v) is 8.31. The zero-order chi connectivity index (χ0) is 40.0. The number of nitrogen functional groups attached to an aromatic ring is 1. The number of halogens is 3. The number of nitrogens with zero attached hydrogens (tertiary/aromatic N) is 2. The smallest absolute Gasteiger partial charge is 1.00 e. The predicted molar refractivity (Wildman–Crippen MR) is 229 cm³/mol. The van der Waals surface area contributed by atoms with Crippen LogP contribution in [-0.4, -0.2) is 35.0 Å². The normalized spacial score (nSPS) is 9.90. The van der Waals surface area contributed by atoms with E-state index in [1.54, 1.807) is 24.3 Å². The number of anilines is 1. The zero-order valence-corrected chi connectivity index (χ0v) is 41.8. The first kappa shape index (κ1) is 55.3. The molecule has 0 fully saturated rings. The van der Waals surface area contributed by atoms with E-state index in [2.05, 4.69) is 69.3 Å². The molecule has 0 aliphatic carbocycles. The van der Waals surface area contributed by atoms with Crippen molar-refractivity contribution in [2.45, 2.75) is 6.92 Å². The monoisotopic (exact) mass is 932 g/mol. The third kappa shape index (κ3) is 19.1. The van der Waals surface area contributed by atoms with Crippen molar-refractivity contribution >= 4 is 68.5 Å². The number of ether oxygens (including phenoxy) is 1. The number of aromatic hydroxyl groups is 1. The Morgan fingerprint density at radius 3 is 1.72 bits per heavy atom. The summed E-state index contributed by atoms with van der Waals surface area (Å²) >= 11 is 14.6. The molecule has 0 spiro atoms. The molecule has 0 atom stereocenters. The first-order chi connectivity index (χ1) is 26.6. The molecule has 1 aliphatic rings. The number of hydrogen-bond acceptors (Lipinski definition) is 9. The third-order valence-electron chi connectivity index (χ3n) is 7.33. The first-order valence-corrected chi connectivity index (χ1v) is 18.2. The molecule has 7 rings (SSSR count). The first-order valence-electron chi connectivity index (χ1n) is 16.3. The summed E-state index contributed by atoms with van der Waals surface area (Å²) in [6.07, 6.45) is 0. The molecule has 290 valence electrons. The molecule has 0 radical (unpaired) electrons. The van der Waals surface area contributed by atoms with Gasteiger partial charge in [0.25, 0.3) is 6.47 Å². The number of rotatable bonds is 6. The number of nitrogens with two attached hydrogens (primary N) is 1. The summed E-state index contributed by atoms with van der Waals surface area (Å²) in [5.74, 6) is 0.879. The van der Waals surface area contributed by atoms with Gasteiger partial charge in [-0.3, -0.25) is 9.59 Å². The minimum Gasteiger partial charge on any atom is -1.00 e. The Morgan fingerprint density at radius 1 is 0.845 bits per heavy atom. The van der Waals surface area contributed by atoms with Crippen LogP contribution < -0.4 is 118 Å². The molecule has 0 amide bonds. The van der Waals surface area contributed by atoms with Gasteiger partial charge in [-0.2, -0.15) is 5.26 Å². The maximum atomic E-state index is 11.4. The summed E-state index contributed by atoms with van der Waals surface area (Å²) in [6.45, 7) is 1.71. The van der Waals surface area contributed by atoms with Crippen LogP contribution in [0.4, 0.5) is 11.4 Å². The quantitative estimate of drug-likeness (QED) is 0.0282. The van der Waals surface area contributed by atoms with Crippen LogP contribution in [0.5, 0.6) is 11.5 Å². The van der Waals surface area contributed by atoms with Crippen LogP contribution in [-0.2, 0) is 9.68 Å². The molecule has 0 bridgehead atoms. The van der Waals surface area contributed by atoms with Crippen LogP contribution in [0, 0.1) is 18.8 Å². The average Bonchev–Trinajstić information content (AvgIpc) is 3.23. The van der Waals surface area contributed by atoms with E-state index >= 15 is 0 Å². The van der Waals surface area contributed by atoms with Crippen molar-refractivity contribution in [1.29, 1.82) is 5.26 Å². The van der Waals surface area contributed by atoms with Gasteiger partial charge in [0.15, 0.2) is 5.78 Å². The van der Waals surface area contributed by atoms with Crippen molar-refractivity contribution in [1.82, 2.24) is 0 Å². The fourth-order valence-corrected chi connectivity index (χ4v) is 5.38. The maximum Gasteiger partial charge on any atom is 1.00 e. The van der Waals surface area contributed by atoms with E-state index in [1.165, 1.54) is 29.7 Å². The molecule has 14 heteroatoms. The SMILES string of the molecule is CC#N.Clc1ccc2c(c1)OCC(c1ccc(-c3ccccc3)cc1)=N2.Nc1ccc(Cl)cc1O.O=C(CBr)c1ccc(-c2ccccc2)cc1.O=CO[O-].[CH3-].[H-].[K+].[K+]. The second kappa shape index (κ2) is 31.2. The number of ketones is 1. The Bertz CT molecular complexity index is 2200. The summed E-state index contributed by atoms with van der Waals surface area (Å²) in [5, 5.41) is 26.2. The Kier molecular flexibility index (Phi) is 29.8. The number of carbonyl (C=O) groups is 2. The Labute approximate surface area is 444 Å². The molecular weight excluding hydrogens is 896 g/mol. The van der Waals surface area contributed by atoms with Gasteiger partial charge in [0.2, 0.25) is 0 Å². The van der Waals surface area contributed by atoms with Gasteiger partial charge in [0.1, 0.15) is 23.8 Å². The van der Waals surface area contributed by atoms with Gasteiger partial charge in [-0.05, 0) is 52.1 Å². The number of fused-ring (bicyclic) bond motifs is 1. The number of phenols is 1. The molecule has 0 aromatic heterocycles. The van der Waals surface area contributed by atoms with Gasteiger partial charge in [-0.25, -0.2) is 4.99 Å². The van der Waals surface area contributed by atoms with Crippen LogP contribution >= 0.6 is 39.1 Å². The van der Waals surface area contributed by atoms with Crippen molar-refractivity contribution in [2.75, 3.05) is 17.7 Å². The fourth-order valence-electron chi connectivity index (χ4n) is 4.73. The molecule has 6 aromatic carbocycles. The second-order valence-corrected chi connectivity index (χ2v) is 12.5. The molecule has 58 heavy (non-hydrogen) atoms. The zero-order valence-electron chi connectivity index (χ0n) is 33.4. The molecular formula is C44H39BrCl2K2N3O6-. The van der Waals surface area contributed by atoms with Gasteiger partial charge in [0.05, 0.1) is 22.8 Å². The number of hydrogen-bond donors (Lipinski definition) is 2. The Balaban J connectivity index is 0. The molecule has 9 nitrogen and oxygen atoms in total. The Hall–Kier alpha value is -2.69. The van der Waals surface area contributed by atoms with Gasteiger partial charge < -0.3 is 34.6 Å². The predicted octanol–water partition coefficient (Wildman–Crippen LogP) is 4.61. The topological polar surface area (TPSA) is 158 Å². The molecule has 6 aromatic rings. The van der Waals surface area contributed by atoms with E-state index in [0.29, 0.717) is 27.7 Å². The van der Waals surface area contributed by atoms with E-state index in [4.69, 9.17) is 59.1 Å². The number of benzene rings is 6. The number of phenolic OH excluding ortho intramolecular Hbond substituents is 1. The number of Topliss-reactive ketones (excluding diaryl/α,β-unsaturated/α-hetero) is 1. The van der Waals surface area contributed by atoms with Crippen molar-refractivity contribution in [3.05, 3.63) is 174 Å². The summed E-state index contributed by atoms with van der Waals surface area (Å²) < 4.78 is 5.77. The maximum absolute atomic E-state index is 11.4. The summed E-state index contributed by atoms with van der Waals surface area (Å²) in [4.78, 5) is 27.4. The van der Waals surface area contributed by atoms with Gasteiger partial charge >= 0.3 is 103 Å². The van der Waals surface area contributed by atoms with Gasteiger partial charge in [0, 0.05) is 34.7 Å². The van der Waals surface area contributed by atoms with Crippen molar-refractivity contribution in [3.63, 3.8) is 0 Å². The van der Waals surface area contributed by atoms with E-state index in [-0.39, 0.29) is 130 Å². The van der Waals surface area contributed by atoms with Crippen LogP contribution in [0.25, 0.3) is 22.3 Å².